The van der Waals surface area contributed by atoms with E-state index in [0.29, 0.717) is 29.1 Å². The summed E-state index contributed by atoms with van der Waals surface area (Å²) >= 11 is 1.43. The van der Waals surface area contributed by atoms with E-state index in [1.54, 1.807) is 5.51 Å². The molecule has 3 aromatic rings. The Morgan fingerprint density at radius 1 is 1.29 bits per heavy atom. The summed E-state index contributed by atoms with van der Waals surface area (Å²) in [5.41, 5.74) is 2.75. The molecule has 0 aliphatic carbocycles. The first-order valence-electron chi connectivity index (χ1n) is 6.46. The summed E-state index contributed by atoms with van der Waals surface area (Å²) in [6.45, 7) is 2.70. The Bertz CT molecular complexity index is 760. The number of rotatable bonds is 3. The number of nitrogens with zero attached hydrogens (tertiary/aromatic N) is 3. The lowest BCUT2D eigenvalue weighted by molar-refractivity contribution is -0.137. The van der Waals surface area contributed by atoms with Crippen molar-refractivity contribution in [1.82, 2.24) is 14.5 Å². The standard InChI is InChI=1S/C14H12F3N3S/c1-2-5-20-12-4-3-9(14(15,16)17)6-10(12)19-13(20)11-7-21-8-18-11/h3-4,6-8H,2,5H2,1H3. The highest BCUT2D eigenvalue weighted by molar-refractivity contribution is 7.07. The highest BCUT2D eigenvalue weighted by atomic mass is 32.1. The zero-order valence-electron chi connectivity index (χ0n) is 11.2. The van der Waals surface area contributed by atoms with Crippen molar-refractivity contribution >= 4 is 22.4 Å². The largest absolute Gasteiger partial charge is 0.416 e. The quantitative estimate of drug-likeness (QED) is 0.708. The van der Waals surface area contributed by atoms with Gasteiger partial charge in [0.15, 0.2) is 5.82 Å². The van der Waals surface area contributed by atoms with Gasteiger partial charge in [0.25, 0.3) is 0 Å². The van der Waals surface area contributed by atoms with Crippen LogP contribution in [0, 0.1) is 0 Å². The first-order valence-corrected chi connectivity index (χ1v) is 7.41. The Kier molecular flexibility index (Phi) is 3.44. The number of benzene rings is 1. The second-order valence-corrected chi connectivity index (χ2v) is 5.38. The Morgan fingerprint density at radius 2 is 2.10 bits per heavy atom. The fourth-order valence-electron chi connectivity index (χ4n) is 2.27. The van der Waals surface area contributed by atoms with Crippen LogP contribution in [0.4, 0.5) is 13.2 Å². The van der Waals surface area contributed by atoms with Crippen LogP contribution in [0.5, 0.6) is 0 Å². The minimum Gasteiger partial charge on any atom is -0.323 e. The zero-order chi connectivity index (χ0) is 15.0. The van der Waals surface area contributed by atoms with Crippen molar-refractivity contribution in [2.24, 2.45) is 0 Å². The van der Waals surface area contributed by atoms with E-state index in [0.717, 1.165) is 18.6 Å². The van der Waals surface area contributed by atoms with Gasteiger partial charge < -0.3 is 4.57 Å². The highest BCUT2D eigenvalue weighted by Crippen LogP contribution is 2.33. The van der Waals surface area contributed by atoms with Crippen LogP contribution in [0.2, 0.25) is 0 Å². The molecule has 3 rings (SSSR count). The summed E-state index contributed by atoms with van der Waals surface area (Å²) in [6, 6.07) is 3.68. The molecule has 0 unspecified atom stereocenters. The van der Waals surface area contributed by atoms with Gasteiger partial charge in [0.2, 0.25) is 0 Å². The van der Waals surface area contributed by atoms with Crippen molar-refractivity contribution in [2.45, 2.75) is 26.1 Å². The third kappa shape index (κ3) is 2.53. The molecule has 0 saturated heterocycles. The van der Waals surface area contributed by atoms with Crippen LogP contribution >= 0.6 is 11.3 Å². The van der Waals surface area contributed by atoms with Crippen LogP contribution in [0.1, 0.15) is 18.9 Å². The molecule has 1 aromatic carbocycles. The zero-order valence-corrected chi connectivity index (χ0v) is 12.0. The molecule has 0 N–H and O–H groups in total. The van der Waals surface area contributed by atoms with Crippen LogP contribution in [-0.2, 0) is 12.7 Å². The lowest BCUT2D eigenvalue weighted by Gasteiger charge is -2.07. The molecule has 7 heteroatoms. The molecule has 0 fully saturated rings. The molecule has 0 bridgehead atoms. The van der Waals surface area contributed by atoms with E-state index in [1.807, 2.05) is 16.9 Å². The average Bonchev–Trinajstić information content (AvgIpc) is 3.05. The van der Waals surface area contributed by atoms with Crippen molar-refractivity contribution < 1.29 is 13.2 Å². The number of hydrogen-bond donors (Lipinski definition) is 0. The maximum atomic E-state index is 12.8. The summed E-state index contributed by atoms with van der Waals surface area (Å²) in [4.78, 5) is 8.56. The van der Waals surface area contributed by atoms with Gasteiger partial charge in [0.05, 0.1) is 22.1 Å². The molecule has 0 aliphatic heterocycles. The number of fused-ring (bicyclic) bond motifs is 1. The minimum atomic E-state index is -4.36. The van der Waals surface area contributed by atoms with Gasteiger partial charge in [-0.1, -0.05) is 6.92 Å². The topological polar surface area (TPSA) is 30.7 Å². The first-order chi connectivity index (χ1) is 10.0. The van der Waals surface area contributed by atoms with Crippen molar-refractivity contribution in [2.75, 3.05) is 0 Å². The number of alkyl halides is 3. The van der Waals surface area contributed by atoms with Crippen molar-refractivity contribution in [3.05, 3.63) is 34.7 Å². The van der Waals surface area contributed by atoms with Gasteiger partial charge in [-0.2, -0.15) is 13.2 Å². The van der Waals surface area contributed by atoms with E-state index >= 15 is 0 Å². The van der Waals surface area contributed by atoms with Gasteiger partial charge in [-0.05, 0) is 24.6 Å². The number of aromatic nitrogens is 3. The number of aryl methyl sites for hydroxylation is 1. The number of halogens is 3. The van der Waals surface area contributed by atoms with E-state index in [9.17, 15) is 13.2 Å². The van der Waals surface area contributed by atoms with Crippen molar-refractivity contribution in [3.63, 3.8) is 0 Å². The summed E-state index contributed by atoms with van der Waals surface area (Å²) < 4.78 is 40.3. The molecule has 0 saturated carbocycles. The van der Waals surface area contributed by atoms with Gasteiger partial charge in [-0.15, -0.1) is 11.3 Å². The maximum absolute atomic E-state index is 12.8. The molecule has 0 spiro atoms. The second-order valence-electron chi connectivity index (χ2n) is 4.66. The SMILES string of the molecule is CCCn1c(-c2cscn2)nc2cc(C(F)(F)F)ccc21. The molecule has 2 aromatic heterocycles. The number of imidazole rings is 1. The Labute approximate surface area is 123 Å². The third-order valence-electron chi connectivity index (χ3n) is 3.18. The Morgan fingerprint density at radius 3 is 2.71 bits per heavy atom. The number of hydrogen-bond acceptors (Lipinski definition) is 3. The summed E-state index contributed by atoms with van der Waals surface area (Å²) in [7, 11) is 0. The molecule has 0 aliphatic rings. The van der Waals surface area contributed by atoms with Crippen LogP contribution in [0.3, 0.4) is 0 Å². The fraction of sp³-hybridized carbons (Fsp3) is 0.286. The van der Waals surface area contributed by atoms with E-state index in [2.05, 4.69) is 9.97 Å². The normalized spacial score (nSPS) is 12.2. The van der Waals surface area contributed by atoms with Crippen LogP contribution < -0.4 is 0 Å². The van der Waals surface area contributed by atoms with Crippen molar-refractivity contribution in [3.8, 4) is 11.5 Å². The smallest absolute Gasteiger partial charge is 0.323 e. The van der Waals surface area contributed by atoms with E-state index in [-0.39, 0.29) is 0 Å². The third-order valence-corrected chi connectivity index (χ3v) is 3.77. The second kappa shape index (κ2) is 5.14. The number of thiazole rings is 1. The molecule has 3 nitrogen and oxygen atoms in total. The minimum absolute atomic E-state index is 0.348. The Hall–Kier alpha value is -1.89. The van der Waals surface area contributed by atoms with E-state index in [1.165, 1.54) is 17.4 Å². The monoisotopic (exact) mass is 311 g/mol. The lowest BCUT2D eigenvalue weighted by Crippen LogP contribution is -2.04. The Balaban J connectivity index is 2.21. The predicted molar refractivity (Wildman–Crippen MR) is 76.1 cm³/mol. The lowest BCUT2D eigenvalue weighted by atomic mass is 10.2. The molecule has 110 valence electrons. The van der Waals surface area contributed by atoms with Crippen LogP contribution in [0.25, 0.3) is 22.6 Å². The van der Waals surface area contributed by atoms with Gasteiger partial charge in [-0.3, -0.25) is 0 Å². The first kappa shape index (κ1) is 14.1. The van der Waals surface area contributed by atoms with E-state index in [4.69, 9.17) is 0 Å². The summed E-state index contributed by atoms with van der Waals surface area (Å²) in [5, 5.41) is 1.85. The van der Waals surface area contributed by atoms with Crippen molar-refractivity contribution in [1.29, 1.82) is 0 Å². The fourth-order valence-corrected chi connectivity index (χ4v) is 2.81. The van der Waals surface area contributed by atoms with E-state index < -0.39 is 11.7 Å². The van der Waals surface area contributed by atoms with Gasteiger partial charge in [-0.25, -0.2) is 9.97 Å². The van der Waals surface area contributed by atoms with Gasteiger partial charge in [0.1, 0.15) is 5.69 Å². The summed E-state index contributed by atoms with van der Waals surface area (Å²) in [6.07, 6.45) is -3.49. The average molecular weight is 311 g/mol. The molecule has 0 amide bonds. The molecular formula is C14H12F3N3S. The molecule has 0 atom stereocenters. The molecule has 21 heavy (non-hydrogen) atoms. The molecule has 2 heterocycles. The summed E-state index contributed by atoms with van der Waals surface area (Å²) in [5.74, 6) is 0.618. The highest BCUT2D eigenvalue weighted by Gasteiger charge is 2.31. The van der Waals surface area contributed by atoms with Gasteiger partial charge >= 0.3 is 6.18 Å². The molecular weight excluding hydrogens is 299 g/mol. The predicted octanol–water partition coefficient (Wildman–Crippen LogP) is 4.59. The maximum Gasteiger partial charge on any atom is 0.416 e. The van der Waals surface area contributed by atoms with Crippen LogP contribution in [0.15, 0.2) is 29.1 Å². The van der Waals surface area contributed by atoms with Crippen LogP contribution in [-0.4, -0.2) is 14.5 Å². The van der Waals surface area contributed by atoms with Gasteiger partial charge in [0, 0.05) is 11.9 Å². The molecule has 0 radical (unpaired) electrons.